The molecule has 0 bridgehead atoms. The summed E-state index contributed by atoms with van der Waals surface area (Å²) in [6, 6.07) is 3.41. The van der Waals surface area contributed by atoms with Gasteiger partial charge in [-0.3, -0.25) is 4.68 Å². The van der Waals surface area contributed by atoms with Gasteiger partial charge in [0.2, 0.25) is 0 Å². The first-order valence-corrected chi connectivity index (χ1v) is 6.51. The maximum Gasteiger partial charge on any atom is 0.341 e. The van der Waals surface area contributed by atoms with Crippen LogP contribution in [-0.4, -0.2) is 39.1 Å². The third-order valence-electron chi connectivity index (χ3n) is 2.63. The number of aryl methyl sites for hydroxylation is 1. The van der Waals surface area contributed by atoms with E-state index in [1.165, 1.54) is 0 Å². The molecule has 2 heterocycles. The van der Waals surface area contributed by atoms with Gasteiger partial charge in [-0.15, -0.1) is 5.10 Å². The molecule has 1 N–H and O–H groups in total. The van der Waals surface area contributed by atoms with E-state index in [4.69, 9.17) is 4.74 Å². The Morgan fingerprint density at radius 2 is 2.35 bits per heavy atom. The number of ether oxygens (including phenoxy) is 1. The Kier molecular flexibility index (Phi) is 5.05. The van der Waals surface area contributed by atoms with Crippen LogP contribution in [-0.2, 0) is 11.3 Å². The van der Waals surface area contributed by atoms with E-state index in [1.54, 1.807) is 36.1 Å². The van der Waals surface area contributed by atoms with Gasteiger partial charge in [-0.25, -0.2) is 9.78 Å². The second kappa shape index (κ2) is 7.22. The minimum absolute atomic E-state index is 0.347. The van der Waals surface area contributed by atoms with Gasteiger partial charge in [0, 0.05) is 25.5 Å². The summed E-state index contributed by atoms with van der Waals surface area (Å²) in [7, 11) is 0. The van der Waals surface area contributed by atoms with E-state index in [0.717, 1.165) is 13.0 Å². The smallest absolute Gasteiger partial charge is 0.341 e. The fourth-order valence-electron chi connectivity index (χ4n) is 1.72. The number of nitrogens with zero attached hydrogens (tertiary/aromatic N) is 4. The Labute approximate surface area is 117 Å². The normalized spacial score (nSPS) is 10.2. The van der Waals surface area contributed by atoms with E-state index in [0.29, 0.717) is 24.5 Å². The lowest BCUT2D eigenvalue weighted by Crippen LogP contribution is -2.13. The Balaban J connectivity index is 1.87. The van der Waals surface area contributed by atoms with Crippen LogP contribution < -0.4 is 5.32 Å². The molecule has 0 spiro atoms. The van der Waals surface area contributed by atoms with Gasteiger partial charge in [-0.2, -0.15) is 0 Å². The molecule has 0 atom stereocenters. The molecule has 2 aromatic heterocycles. The molecule has 0 aliphatic rings. The molecule has 0 fully saturated rings. The van der Waals surface area contributed by atoms with Crippen molar-refractivity contribution in [2.24, 2.45) is 0 Å². The van der Waals surface area contributed by atoms with E-state index in [-0.39, 0.29) is 5.97 Å². The van der Waals surface area contributed by atoms with Crippen LogP contribution in [0.25, 0.3) is 0 Å². The number of rotatable bonds is 7. The molecule has 2 rings (SSSR count). The monoisotopic (exact) mass is 275 g/mol. The van der Waals surface area contributed by atoms with Crippen LogP contribution in [0.4, 0.5) is 5.82 Å². The van der Waals surface area contributed by atoms with Crippen LogP contribution in [0.3, 0.4) is 0 Å². The summed E-state index contributed by atoms with van der Waals surface area (Å²) in [5.74, 6) is 0.184. The summed E-state index contributed by atoms with van der Waals surface area (Å²) in [6.45, 7) is 3.57. The highest BCUT2D eigenvalue weighted by Gasteiger charge is 2.12. The number of aromatic nitrogens is 4. The fraction of sp³-hybridized carbons (Fsp3) is 0.385. The van der Waals surface area contributed by atoms with E-state index >= 15 is 0 Å². The minimum atomic E-state index is -0.362. The summed E-state index contributed by atoms with van der Waals surface area (Å²) < 4.78 is 6.75. The molecule has 7 heteroatoms. The number of hydrogen-bond donors (Lipinski definition) is 1. The van der Waals surface area contributed by atoms with Gasteiger partial charge in [0.15, 0.2) is 0 Å². The molecule has 106 valence electrons. The number of carbonyl (C=O) groups excluding carboxylic acids is 1. The predicted molar refractivity (Wildman–Crippen MR) is 73.3 cm³/mol. The maximum absolute atomic E-state index is 11.8. The lowest BCUT2D eigenvalue weighted by molar-refractivity contribution is 0.0527. The van der Waals surface area contributed by atoms with E-state index < -0.39 is 0 Å². The Bertz CT molecular complexity index is 541. The zero-order chi connectivity index (χ0) is 14.2. The van der Waals surface area contributed by atoms with Crippen molar-refractivity contribution in [2.75, 3.05) is 18.5 Å². The zero-order valence-corrected chi connectivity index (χ0v) is 11.3. The molecule has 0 unspecified atom stereocenters. The molecule has 0 saturated heterocycles. The van der Waals surface area contributed by atoms with Gasteiger partial charge < -0.3 is 10.1 Å². The lowest BCUT2D eigenvalue weighted by atomic mass is 10.2. The molecule has 0 aliphatic carbocycles. The molecular formula is C13H17N5O2. The van der Waals surface area contributed by atoms with Crippen molar-refractivity contribution in [1.29, 1.82) is 0 Å². The van der Waals surface area contributed by atoms with Crippen molar-refractivity contribution in [2.45, 2.75) is 19.9 Å². The number of hydrogen-bond acceptors (Lipinski definition) is 6. The fourth-order valence-corrected chi connectivity index (χ4v) is 1.72. The summed E-state index contributed by atoms with van der Waals surface area (Å²) >= 11 is 0. The predicted octanol–water partition coefficient (Wildman–Crippen LogP) is 1.35. The second-order valence-electron chi connectivity index (χ2n) is 4.07. The summed E-state index contributed by atoms with van der Waals surface area (Å²) in [6.07, 6.45) is 5.94. The number of esters is 1. The average Bonchev–Trinajstić information content (AvgIpc) is 2.97. The highest BCUT2D eigenvalue weighted by Crippen LogP contribution is 2.12. The molecular weight excluding hydrogens is 258 g/mol. The van der Waals surface area contributed by atoms with Crippen LogP contribution in [0.15, 0.2) is 30.7 Å². The second-order valence-corrected chi connectivity index (χ2v) is 4.07. The van der Waals surface area contributed by atoms with Gasteiger partial charge >= 0.3 is 5.97 Å². The van der Waals surface area contributed by atoms with Gasteiger partial charge in [-0.1, -0.05) is 5.21 Å². The van der Waals surface area contributed by atoms with Crippen LogP contribution in [0.1, 0.15) is 23.7 Å². The maximum atomic E-state index is 11.8. The number of nitrogens with one attached hydrogen (secondary N) is 1. The van der Waals surface area contributed by atoms with Crippen LogP contribution in [0, 0.1) is 0 Å². The first kappa shape index (κ1) is 14.0. The van der Waals surface area contributed by atoms with Gasteiger partial charge in [-0.05, 0) is 25.5 Å². The Morgan fingerprint density at radius 1 is 1.45 bits per heavy atom. The van der Waals surface area contributed by atoms with Gasteiger partial charge in [0.05, 0.1) is 12.8 Å². The van der Waals surface area contributed by atoms with Crippen molar-refractivity contribution in [1.82, 2.24) is 20.0 Å². The molecule has 0 amide bonds. The summed E-state index contributed by atoms with van der Waals surface area (Å²) in [5.41, 5.74) is 0.454. The number of pyridine rings is 1. The number of anilines is 1. The first-order valence-electron chi connectivity index (χ1n) is 6.51. The van der Waals surface area contributed by atoms with Crippen molar-refractivity contribution < 1.29 is 9.53 Å². The Hall–Kier alpha value is -2.44. The Morgan fingerprint density at radius 3 is 3.10 bits per heavy atom. The molecule has 7 nitrogen and oxygen atoms in total. The largest absolute Gasteiger partial charge is 0.462 e. The van der Waals surface area contributed by atoms with Gasteiger partial charge in [0.25, 0.3) is 0 Å². The molecule has 0 aliphatic heterocycles. The number of carbonyl (C=O) groups is 1. The van der Waals surface area contributed by atoms with Gasteiger partial charge in [0.1, 0.15) is 11.4 Å². The third kappa shape index (κ3) is 3.78. The third-order valence-corrected chi connectivity index (χ3v) is 2.63. The molecule has 0 saturated carbocycles. The SMILES string of the molecule is CCOC(=O)c1cccnc1NCCCn1ccnn1. The van der Waals surface area contributed by atoms with Crippen molar-refractivity contribution in [3.63, 3.8) is 0 Å². The summed E-state index contributed by atoms with van der Waals surface area (Å²) in [4.78, 5) is 15.9. The minimum Gasteiger partial charge on any atom is -0.462 e. The van der Waals surface area contributed by atoms with Crippen molar-refractivity contribution >= 4 is 11.8 Å². The van der Waals surface area contributed by atoms with E-state index in [1.807, 2.05) is 6.20 Å². The highest BCUT2D eigenvalue weighted by molar-refractivity contribution is 5.94. The van der Waals surface area contributed by atoms with E-state index in [9.17, 15) is 4.79 Å². The topological polar surface area (TPSA) is 81.9 Å². The van der Waals surface area contributed by atoms with E-state index in [2.05, 4.69) is 20.6 Å². The molecule has 0 radical (unpaired) electrons. The van der Waals surface area contributed by atoms with Crippen LogP contribution in [0.5, 0.6) is 0 Å². The molecule has 2 aromatic rings. The average molecular weight is 275 g/mol. The standard InChI is InChI=1S/C13H17N5O2/c1-2-20-13(19)11-5-3-6-14-12(11)15-7-4-9-18-10-8-16-17-18/h3,5-6,8,10H,2,4,7,9H2,1H3,(H,14,15). The molecule has 0 aromatic carbocycles. The van der Waals surface area contributed by atoms with Crippen LogP contribution in [0.2, 0.25) is 0 Å². The first-order chi connectivity index (χ1) is 9.81. The highest BCUT2D eigenvalue weighted by atomic mass is 16.5. The lowest BCUT2D eigenvalue weighted by Gasteiger charge is -2.09. The zero-order valence-electron chi connectivity index (χ0n) is 11.3. The van der Waals surface area contributed by atoms with Crippen LogP contribution >= 0.6 is 0 Å². The quantitative estimate of drug-likeness (QED) is 0.607. The summed E-state index contributed by atoms with van der Waals surface area (Å²) in [5, 5.41) is 10.8. The molecule has 20 heavy (non-hydrogen) atoms. The van der Waals surface area contributed by atoms with Crippen molar-refractivity contribution in [3.8, 4) is 0 Å². The van der Waals surface area contributed by atoms with Crippen molar-refractivity contribution in [3.05, 3.63) is 36.3 Å².